The number of aromatic nitrogens is 2. The van der Waals surface area contributed by atoms with Crippen LogP contribution < -0.4 is 0 Å². The molecule has 0 fully saturated rings. The van der Waals surface area contributed by atoms with Crippen molar-refractivity contribution < 1.29 is 0 Å². The van der Waals surface area contributed by atoms with E-state index in [9.17, 15) is 0 Å². The molecule has 0 saturated heterocycles. The van der Waals surface area contributed by atoms with Gasteiger partial charge in [0.2, 0.25) is 0 Å². The summed E-state index contributed by atoms with van der Waals surface area (Å²) in [6.07, 6.45) is 0. The van der Waals surface area contributed by atoms with Crippen LogP contribution in [0.25, 0.3) is 77.7 Å². The van der Waals surface area contributed by atoms with Gasteiger partial charge in [0, 0.05) is 16.7 Å². The highest BCUT2D eigenvalue weighted by Gasteiger charge is 2.18. The van der Waals surface area contributed by atoms with E-state index in [4.69, 9.17) is 9.97 Å². The lowest BCUT2D eigenvalue weighted by molar-refractivity contribution is 1.19. The molecule has 0 radical (unpaired) electrons. The summed E-state index contributed by atoms with van der Waals surface area (Å²) in [5.41, 5.74) is 9.71. The van der Waals surface area contributed by atoms with Crippen molar-refractivity contribution in [2.45, 2.75) is 0 Å². The van der Waals surface area contributed by atoms with Crippen LogP contribution >= 0.6 is 0 Å². The van der Waals surface area contributed by atoms with E-state index in [-0.39, 0.29) is 0 Å². The van der Waals surface area contributed by atoms with E-state index in [0.717, 1.165) is 28.1 Å². The van der Waals surface area contributed by atoms with Crippen LogP contribution in [0.1, 0.15) is 0 Å². The van der Waals surface area contributed by atoms with Crippen LogP contribution in [-0.4, -0.2) is 9.97 Å². The number of fused-ring (bicyclic) bond motifs is 2. The summed E-state index contributed by atoms with van der Waals surface area (Å²) in [6, 6.07) is 59.7. The van der Waals surface area contributed by atoms with Gasteiger partial charge in [-0.25, -0.2) is 9.97 Å². The third kappa shape index (κ3) is 4.63. The molecule has 0 spiro atoms. The molecule has 0 aliphatic rings. The molecular formula is C42H28N2. The smallest absolute Gasteiger partial charge is 0.160 e. The summed E-state index contributed by atoms with van der Waals surface area (Å²) in [5, 5.41) is 4.78. The van der Waals surface area contributed by atoms with Gasteiger partial charge in [-0.3, -0.25) is 0 Å². The zero-order chi connectivity index (χ0) is 29.3. The van der Waals surface area contributed by atoms with Crippen LogP contribution in [0, 0.1) is 0 Å². The van der Waals surface area contributed by atoms with Crippen LogP contribution in [0.15, 0.2) is 170 Å². The SMILES string of the molecule is c1ccc(-c2nc(-c3ccc4ccccc4c3-c3ccccc3)cc(-c3ccc(-c4ccccc4)c4ccccc34)n2)cc1. The Morgan fingerprint density at radius 2 is 0.795 bits per heavy atom. The largest absolute Gasteiger partial charge is 0.228 e. The van der Waals surface area contributed by atoms with Crippen molar-refractivity contribution in [2.24, 2.45) is 0 Å². The third-order valence-electron chi connectivity index (χ3n) is 8.31. The Bertz CT molecular complexity index is 2260. The average Bonchev–Trinajstić information content (AvgIpc) is 3.11. The molecule has 44 heavy (non-hydrogen) atoms. The molecule has 0 aliphatic carbocycles. The summed E-state index contributed by atoms with van der Waals surface area (Å²) >= 11 is 0. The molecule has 0 N–H and O–H groups in total. The van der Waals surface area contributed by atoms with Gasteiger partial charge in [-0.05, 0) is 49.9 Å². The Morgan fingerprint density at radius 3 is 1.48 bits per heavy atom. The van der Waals surface area contributed by atoms with Crippen molar-refractivity contribution in [1.29, 1.82) is 0 Å². The Balaban J connectivity index is 1.41. The van der Waals surface area contributed by atoms with E-state index in [2.05, 4.69) is 152 Å². The van der Waals surface area contributed by atoms with Gasteiger partial charge < -0.3 is 0 Å². The lowest BCUT2D eigenvalue weighted by Gasteiger charge is -2.16. The molecule has 0 aliphatic heterocycles. The van der Waals surface area contributed by atoms with E-state index >= 15 is 0 Å². The molecule has 206 valence electrons. The van der Waals surface area contributed by atoms with Gasteiger partial charge in [0.05, 0.1) is 11.4 Å². The van der Waals surface area contributed by atoms with Gasteiger partial charge in [0.15, 0.2) is 5.82 Å². The molecule has 8 aromatic rings. The number of hydrogen-bond acceptors (Lipinski definition) is 2. The fraction of sp³-hybridized carbons (Fsp3) is 0. The zero-order valence-electron chi connectivity index (χ0n) is 24.1. The fourth-order valence-electron chi connectivity index (χ4n) is 6.23. The molecule has 0 unspecified atom stereocenters. The lowest BCUT2D eigenvalue weighted by Crippen LogP contribution is -1.98. The van der Waals surface area contributed by atoms with Crippen LogP contribution in [0.2, 0.25) is 0 Å². The van der Waals surface area contributed by atoms with E-state index in [1.807, 2.05) is 18.2 Å². The minimum absolute atomic E-state index is 0.710. The van der Waals surface area contributed by atoms with E-state index < -0.39 is 0 Å². The highest BCUT2D eigenvalue weighted by Crippen LogP contribution is 2.41. The molecule has 0 saturated carbocycles. The van der Waals surface area contributed by atoms with Crippen LogP contribution in [-0.2, 0) is 0 Å². The average molecular weight is 561 g/mol. The second-order valence-electron chi connectivity index (χ2n) is 11.0. The molecule has 0 atom stereocenters. The number of benzene rings is 7. The minimum atomic E-state index is 0.710. The van der Waals surface area contributed by atoms with Crippen molar-refractivity contribution in [3.63, 3.8) is 0 Å². The summed E-state index contributed by atoms with van der Waals surface area (Å²) in [4.78, 5) is 10.4. The van der Waals surface area contributed by atoms with E-state index in [0.29, 0.717) is 5.82 Å². The summed E-state index contributed by atoms with van der Waals surface area (Å²) in [6.45, 7) is 0. The molecule has 1 aromatic heterocycles. The zero-order valence-corrected chi connectivity index (χ0v) is 24.1. The maximum absolute atomic E-state index is 5.23. The molecule has 0 bridgehead atoms. The topological polar surface area (TPSA) is 25.8 Å². The van der Waals surface area contributed by atoms with Crippen molar-refractivity contribution in [3.8, 4) is 56.2 Å². The van der Waals surface area contributed by atoms with Crippen LogP contribution in [0.5, 0.6) is 0 Å². The van der Waals surface area contributed by atoms with Gasteiger partial charge in [0.1, 0.15) is 0 Å². The number of nitrogens with zero attached hydrogens (tertiary/aromatic N) is 2. The van der Waals surface area contributed by atoms with Gasteiger partial charge in [-0.1, -0.05) is 164 Å². The minimum Gasteiger partial charge on any atom is -0.228 e. The molecule has 0 amide bonds. The van der Waals surface area contributed by atoms with Crippen LogP contribution in [0.4, 0.5) is 0 Å². The highest BCUT2D eigenvalue weighted by molar-refractivity contribution is 6.06. The van der Waals surface area contributed by atoms with Crippen molar-refractivity contribution in [2.75, 3.05) is 0 Å². The normalized spacial score (nSPS) is 11.2. The van der Waals surface area contributed by atoms with Crippen molar-refractivity contribution in [1.82, 2.24) is 9.97 Å². The molecule has 7 aromatic carbocycles. The first-order valence-corrected chi connectivity index (χ1v) is 14.9. The Hall–Kier alpha value is -5.86. The first kappa shape index (κ1) is 25.8. The number of rotatable bonds is 5. The molecule has 2 heteroatoms. The summed E-state index contributed by atoms with van der Waals surface area (Å²) < 4.78 is 0. The van der Waals surface area contributed by atoms with Gasteiger partial charge in [0.25, 0.3) is 0 Å². The first-order chi connectivity index (χ1) is 21.8. The molecule has 2 nitrogen and oxygen atoms in total. The quantitative estimate of drug-likeness (QED) is 0.209. The first-order valence-electron chi connectivity index (χ1n) is 14.9. The maximum Gasteiger partial charge on any atom is 0.160 e. The monoisotopic (exact) mass is 560 g/mol. The van der Waals surface area contributed by atoms with Gasteiger partial charge in [-0.15, -0.1) is 0 Å². The predicted molar refractivity (Wildman–Crippen MR) is 184 cm³/mol. The Labute approximate surface area is 257 Å². The third-order valence-corrected chi connectivity index (χ3v) is 8.31. The highest BCUT2D eigenvalue weighted by atomic mass is 14.9. The van der Waals surface area contributed by atoms with E-state index in [1.165, 1.54) is 43.8 Å². The second-order valence-corrected chi connectivity index (χ2v) is 11.0. The van der Waals surface area contributed by atoms with Gasteiger partial charge in [-0.2, -0.15) is 0 Å². The number of hydrogen-bond donors (Lipinski definition) is 0. The lowest BCUT2D eigenvalue weighted by atomic mass is 9.90. The standard InChI is InChI=1S/C42H28N2/c1-4-14-29(15-5-1)33-26-27-37(36-23-13-12-22-35(33)36)39-28-40(44-42(43-39)32-19-8-3-9-20-32)38-25-24-30-16-10-11-21-34(30)41(38)31-17-6-2-7-18-31/h1-28H. The summed E-state index contributed by atoms with van der Waals surface area (Å²) in [7, 11) is 0. The Kier molecular flexibility index (Phi) is 6.51. The predicted octanol–water partition coefficient (Wildman–Crippen LogP) is 11.1. The van der Waals surface area contributed by atoms with Crippen LogP contribution in [0.3, 0.4) is 0 Å². The van der Waals surface area contributed by atoms with Crippen molar-refractivity contribution >= 4 is 21.5 Å². The Morgan fingerprint density at radius 1 is 0.318 bits per heavy atom. The fourth-order valence-corrected chi connectivity index (χ4v) is 6.23. The molecule has 8 rings (SSSR count). The maximum atomic E-state index is 5.23. The molecular weight excluding hydrogens is 532 g/mol. The van der Waals surface area contributed by atoms with Crippen molar-refractivity contribution in [3.05, 3.63) is 170 Å². The second kappa shape index (κ2) is 11.1. The molecule has 1 heterocycles. The van der Waals surface area contributed by atoms with Gasteiger partial charge >= 0.3 is 0 Å². The van der Waals surface area contributed by atoms with E-state index in [1.54, 1.807) is 0 Å². The summed E-state index contributed by atoms with van der Waals surface area (Å²) in [5.74, 6) is 0.710.